The number of rotatable bonds is 5. The molecule has 0 radical (unpaired) electrons. The second kappa shape index (κ2) is 7.51. The predicted octanol–water partition coefficient (Wildman–Crippen LogP) is 2.22. The maximum absolute atomic E-state index is 12.2. The molecule has 2 aromatic heterocycles. The van der Waals surface area contributed by atoms with Crippen LogP contribution in [-0.4, -0.2) is 34.0 Å². The maximum Gasteiger partial charge on any atom is 0.269 e. The molecule has 1 aliphatic rings. The summed E-state index contributed by atoms with van der Waals surface area (Å²) in [7, 11) is 1.55. The summed E-state index contributed by atoms with van der Waals surface area (Å²) in [6, 6.07) is 13.2. The van der Waals surface area contributed by atoms with Crippen LogP contribution in [0, 0.1) is 0 Å². The Morgan fingerprint density at radius 2 is 2.18 bits per heavy atom. The summed E-state index contributed by atoms with van der Waals surface area (Å²) in [5, 5.41) is 12.1. The molecule has 28 heavy (non-hydrogen) atoms. The highest BCUT2D eigenvalue weighted by Crippen LogP contribution is 2.39. The van der Waals surface area contributed by atoms with Crippen molar-refractivity contribution in [1.82, 2.24) is 20.5 Å². The highest BCUT2D eigenvalue weighted by Gasteiger charge is 2.33. The number of carbonyl (C=O) groups is 2. The van der Waals surface area contributed by atoms with E-state index in [1.54, 1.807) is 13.2 Å². The van der Waals surface area contributed by atoms with Crippen LogP contribution in [0.15, 0.2) is 48.7 Å². The van der Waals surface area contributed by atoms with Gasteiger partial charge in [0.05, 0.1) is 5.69 Å². The first kappa shape index (κ1) is 17.7. The normalized spacial score (nSPS) is 15.5. The van der Waals surface area contributed by atoms with Gasteiger partial charge in [0.2, 0.25) is 5.91 Å². The summed E-state index contributed by atoms with van der Waals surface area (Å²) in [4.78, 5) is 28.6. The Hall–Kier alpha value is -3.68. The van der Waals surface area contributed by atoms with Crippen molar-refractivity contribution in [3.63, 3.8) is 0 Å². The molecule has 1 atom stereocenters. The molecule has 8 heteroatoms. The van der Waals surface area contributed by atoms with Gasteiger partial charge in [0.25, 0.3) is 5.91 Å². The molecule has 142 valence electrons. The van der Waals surface area contributed by atoms with Crippen molar-refractivity contribution in [2.45, 2.75) is 18.9 Å². The van der Waals surface area contributed by atoms with E-state index < -0.39 is 0 Å². The van der Waals surface area contributed by atoms with E-state index in [-0.39, 0.29) is 24.2 Å². The standard InChI is InChI=1S/C20H19N5O3/c1-21-20(27)18-17-15(10-16(26)23-19(17)25-24-18)12-5-4-7-14(9-12)28-11-13-6-2-3-8-22-13/h2-9,15H,10-11H2,1H3,(H,21,27)(H2,23,24,25,26). The molecule has 3 N–H and O–H groups in total. The van der Waals surface area contributed by atoms with Crippen LogP contribution in [0.2, 0.25) is 0 Å². The number of amides is 2. The molecular formula is C20H19N5O3. The van der Waals surface area contributed by atoms with Crippen molar-refractivity contribution in [1.29, 1.82) is 0 Å². The molecule has 1 aromatic carbocycles. The predicted molar refractivity (Wildman–Crippen MR) is 102 cm³/mol. The smallest absolute Gasteiger partial charge is 0.269 e. The Balaban J connectivity index is 1.63. The summed E-state index contributed by atoms with van der Waals surface area (Å²) >= 11 is 0. The van der Waals surface area contributed by atoms with Gasteiger partial charge in [0.1, 0.15) is 18.1 Å². The third kappa shape index (κ3) is 3.44. The summed E-state index contributed by atoms with van der Waals surface area (Å²) in [5.41, 5.74) is 2.73. The summed E-state index contributed by atoms with van der Waals surface area (Å²) in [5.74, 6) is 0.332. The van der Waals surface area contributed by atoms with Gasteiger partial charge in [-0.15, -0.1) is 0 Å². The Morgan fingerprint density at radius 3 is 2.96 bits per heavy atom. The van der Waals surface area contributed by atoms with Gasteiger partial charge in [-0.05, 0) is 29.8 Å². The van der Waals surface area contributed by atoms with E-state index in [1.807, 2.05) is 42.5 Å². The third-order valence-corrected chi connectivity index (χ3v) is 4.63. The Bertz CT molecular complexity index is 1020. The van der Waals surface area contributed by atoms with Crippen LogP contribution in [0.5, 0.6) is 5.75 Å². The fourth-order valence-corrected chi connectivity index (χ4v) is 3.30. The molecule has 3 heterocycles. The van der Waals surface area contributed by atoms with Gasteiger partial charge in [0, 0.05) is 31.1 Å². The van der Waals surface area contributed by atoms with Crippen molar-refractivity contribution in [2.75, 3.05) is 12.4 Å². The van der Waals surface area contributed by atoms with Gasteiger partial charge < -0.3 is 15.4 Å². The number of aromatic amines is 1. The molecule has 2 amide bonds. The number of benzene rings is 1. The van der Waals surface area contributed by atoms with E-state index in [1.165, 1.54) is 0 Å². The fraction of sp³-hybridized carbons (Fsp3) is 0.200. The molecule has 4 rings (SSSR count). The highest BCUT2D eigenvalue weighted by molar-refractivity contribution is 6.00. The van der Waals surface area contributed by atoms with E-state index in [2.05, 4.69) is 25.8 Å². The number of H-pyrrole nitrogens is 1. The minimum Gasteiger partial charge on any atom is -0.487 e. The van der Waals surface area contributed by atoms with Crippen LogP contribution in [-0.2, 0) is 11.4 Å². The van der Waals surface area contributed by atoms with Crippen LogP contribution < -0.4 is 15.4 Å². The number of nitrogens with one attached hydrogen (secondary N) is 3. The summed E-state index contributed by atoms with van der Waals surface area (Å²) in [6.45, 7) is 0.343. The molecule has 0 aliphatic carbocycles. The van der Waals surface area contributed by atoms with E-state index in [0.717, 1.165) is 11.3 Å². The van der Waals surface area contributed by atoms with Gasteiger partial charge in [0.15, 0.2) is 5.82 Å². The van der Waals surface area contributed by atoms with Gasteiger partial charge in [-0.3, -0.25) is 19.7 Å². The number of nitrogens with zero attached hydrogens (tertiary/aromatic N) is 2. The largest absolute Gasteiger partial charge is 0.487 e. The molecular weight excluding hydrogens is 358 g/mol. The zero-order valence-corrected chi connectivity index (χ0v) is 15.2. The topological polar surface area (TPSA) is 109 Å². The molecule has 8 nitrogen and oxygen atoms in total. The first-order valence-corrected chi connectivity index (χ1v) is 8.88. The number of ether oxygens (including phenoxy) is 1. The second-order valence-electron chi connectivity index (χ2n) is 6.43. The SMILES string of the molecule is CNC(=O)c1[nH]nc2c1C(c1cccc(OCc3ccccn3)c1)CC(=O)N2. The van der Waals surface area contributed by atoms with Crippen molar-refractivity contribution < 1.29 is 14.3 Å². The van der Waals surface area contributed by atoms with Crippen LogP contribution in [0.1, 0.15) is 39.6 Å². The Kier molecular flexibility index (Phi) is 4.76. The molecule has 0 saturated carbocycles. The number of pyridine rings is 1. The number of aromatic nitrogens is 3. The molecule has 0 spiro atoms. The first-order chi connectivity index (χ1) is 13.7. The lowest BCUT2D eigenvalue weighted by molar-refractivity contribution is -0.116. The number of hydrogen-bond donors (Lipinski definition) is 3. The van der Waals surface area contributed by atoms with E-state index in [0.29, 0.717) is 29.4 Å². The van der Waals surface area contributed by atoms with Gasteiger partial charge in [-0.2, -0.15) is 5.10 Å². The van der Waals surface area contributed by atoms with Gasteiger partial charge in [-0.1, -0.05) is 18.2 Å². The zero-order chi connectivity index (χ0) is 19.5. The van der Waals surface area contributed by atoms with Crippen molar-refractivity contribution in [2.24, 2.45) is 0 Å². The molecule has 3 aromatic rings. The van der Waals surface area contributed by atoms with Crippen LogP contribution in [0.3, 0.4) is 0 Å². The Labute approximate surface area is 161 Å². The second-order valence-corrected chi connectivity index (χ2v) is 6.43. The lowest BCUT2D eigenvalue weighted by atomic mass is 9.85. The lowest BCUT2D eigenvalue weighted by Gasteiger charge is -2.23. The summed E-state index contributed by atoms with van der Waals surface area (Å²) in [6.07, 6.45) is 1.94. The van der Waals surface area contributed by atoms with Crippen molar-refractivity contribution in [3.8, 4) is 5.75 Å². The average molecular weight is 377 g/mol. The molecule has 0 bridgehead atoms. The minimum absolute atomic E-state index is 0.146. The molecule has 1 unspecified atom stereocenters. The maximum atomic E-state index is 12.2. The van der Waals surface area contributed by atoms with E-state index >= 15 is 0 Å². The van der Waals surface area contributed by atoms with Crippen LogP contribution in [0.4, 0.5) is 5.82 Å². The fourth-order valence-electron chi connectivity index (χ4n) is 3.30. The van der Waals surface area contributed by atoms with Gasteiger partial charge >= 0.3 is 0 Å². The van der Waals surface area contributed by atoms with Gasteiger partial charge in [-0.25, -0.2) is 0 Å². The third-order valence-electron chi connectivity index (χ3n) is 4.63. The van der Waals surface area contributed by atoms with Crippen LogP contribution >= 0.6 is 0 Å². The highest BCUT2D eigenvalue weighted by atomic mass is 16.5. The van der Waals surface area contributed by atoms with E-state index in [9.17, 15) is 9.59 Å². The van der Waals surface area contributed by atoms with Crippen LogP contribution in [0.25, 0.3) is 0 Å². The lowest BCUT2D eigenvalue weighted by Crippen LogP contribution is -2.26. The Morgan fingerprint density at radius 1 is 1.29 bits per heavy atom. The van der Waals surface area contributed by atoms with E-state index in [4.69, 9.17) is 4.74 Å². The molecule has 1 aliphatic heterocycles. The minimum atomic E-state index is -0.298. The number of anilines is 1. The average Bonchev–Trinajstić information content (AvgIpc) is 3.16. The summed E-state index contributed by atoms with van der Waals surface area (Å²) < 4.78 is 5.85. The molecule has 0 fully saturated rings. The monoisotopic (exact) mass is 377 g/mol. The quantitative estimate of drug-likeness (QED) is 0.632. The number of fused-ring (bicyclic) bond motifs is 1. The molecule has 0 saturated heterocycles. The van der Waals surface area contributed by atoms with Crippen molar-refractivity contribution >= 4 is 17.6 Å². The number of hydrogen-bond acceptors (Lipinski definition) is 5. The zero-order valence-electron chi connectivity index (χ0n) is 15.2. The first-order valence-electron chi connectivity index (χ1n) is 8.88. The number of carbonyl (C=O) groups excluding carboxylic acids is 2. The van der Waals surface area contributed by atoms with Crippen molar-refractivity contribution in [3.05, 3.63) is 71.2 Å².